The van der Waals surface area contributed by atoms with Crippen molar-refractivity contribution in [1.82, 2.24) is 14.7 Å². The molecule has 2 aromatic rings. The lowest BCUT2D eigenvalue weighted by Crippen LogP contribution is -2.27. The maximum absolute atomic E-state index is 12.3. The first kappa shape index (κ1) is 17.2. The molecule has 1 amide bonds. The summed E-state index contributed by atoms with van der Waals surface area (Å²) < 4.78 is 6.83. The highest BCUT2D eigenvalue weighted by molar-refractivity contribution is 5.91. The monoisotopic (exact) mass is 345 g/mol. The molecular formula is C17H23N5O3. The largest absolute Gasteiger partial charge is 0.454 e. The average molecular weight is 345 g/mol. The number of furan rings is 1. The van der Waals surface area contributed by atoms with Crippen LogP contribution in [-0.2, 0) is 6.54 Å². The van der Waals surface area contributed by atoms with E-state index in [0.717, 1.165) is 25.2 Å². The van der Waals surface area contributed by atoms with Gasteiger partial charge < -0.3 is 20.0 Å². The summed E-state index contributed by atoms with van der Waals surface area (Å²) in [7, 11) is 3.31. The zero-order chi connectivity index (χ0) is 18.0. The Bertz CT molecular complexity index is 811. The zero-order valence-corrected chi connectivity index (χ0v) is 14.5. The van der Waals surface area contributed by atoms with Crippen LogP contribution in [0, 0.1) is 5.92 Å². The molecule has 3 heterocycles. The van der Waals surface area contributed by atoms with Gasteiger partial charge in [-0.2, -0.15) is 5.10 Å². The van der Waals surface area contributed by atoms with Crippen molar-refractivity contribution in [2.45, 2.75) is 13.0 Å². The Kier molecular flexibility index (Phi) is 4.89. The highest BCUT2D eigenvalue weighted by Gasteiger charge is 2.22. The number of hydrogen-bond acceptors (Lipinski definition) is 6. The SMILES string of the molecule is CN(C)C(=O)c1ccc(Cn2ncc(N3CCC(CN)C3)cc2=O)o1. The molecule has 2 aromatic heterocycles. The lowest BCUT2D eigenvalue weighted by Gasteiger charge is -2.18. The summed E-state index contributed by atoms with van der Waals surface area (Å²) in [4.78, 5) is 27.8. The lowest BCUT2D eigenvalue weighted by atomic mass is 10.1. The van der Waals surface area contributed by atoms with E-state index in [2.05, 4.69) is 10.00 Å². The van der Waals surface area contributed by atoms with Gasteiger partial charge in [0.05, 0.1) is 11.9 Å². The van der Waals surface area contributed by atoms with Crippen LogP contribution in [0.2, 0.25) is 0 Å². The molecule has 0 bridgehead atoms. The van der Waals surface area contributed by atoms with Gasteiger partial charge in [-0.3, -0.25) is 9.59 Å². The van der Waals surface area contributed by atoms with Crippen LogP contribution >= 0.6 is 0 Å². The van der Waals surface area contributed by atoms with Crippen molar-refractivity contribution in [2.24, 2.45) is 11.7 Å². The topological polar surface area (TPSA) is 97.6 Å². The van der Waals surface area contributed by atoms with Crippen LogP contribution in [0.5, 0.6) is 0 Å². The maximum atomic E-state index is 12.3. The molecule has 0 saturated carbocycles. The summed E-state index contributed by atoms with van der Waals surface area (Å²) in [6, 6.07) is 4.88. The van der Waals surface area contributed by atoms with Crippen LogP contribution in [0.4, 0.5) is 5.69 Å². The maximum Gasteiger partial charge on any atom is 0.289 e. The molecule has 8 heteroatoms. The van der Waals surface area contributed by atoms with E-state index in [-0.39, 0.29) is 23.8 Å². The summed E-state index contributed by atoms with van der Waals surface area (Å²) in [5.74, 6) is 1.01. The number of aromatic nitrogens is 2. The second-order valence-corrected chi connectivity index (χ2v) is 6.51. The molecule has 0 aliphatic carbocycles. The number of carbonyl (C=O) groups excluding carboxylic acids is 1. The third-order valence-corrected chi connectivity index (χ3v) is 4.42. The van der Waals surface area contributed by atoms with Crippen molar-refractivity contribution in [3.8, 4) is 0 Å². The van der Waals surface area contributed by atoms with Crippen LogP contribution in [-0.4, -0.2) is 54.3 Å². The fourth-order valence-corrected chi connectivity index (χ4v) is 2.92. The summed E-state index contributed by atoms with van der Waals surface area (Å²) in [6.07, 6.45) is 2.73. The predicted molar refractivity (Wildman–Crippen MR) is 93.7 cm³/mol. The fourth-order valence-electron chi connectivity index (χ4n) is 2.92. The number of nitrogens with two attached hydrogens (primary N) is 1. The molecule has 0 spiro atoms. The van der Waals surface area contributed by atoms with Gasteiger partial charge in [0.1, 0.15) is 12.3 Å². The lowest BCUT2D eigenvalue weighted by molar-refractivity contribution is 0.0794. The molecule has 2 N–H and O–H groups in total. The Labute approximate surface area is 145 Å². The van der Waals surface area contributed by atoms with E-state index in [1.165, 1.54) is 9.58 Å². The van der Waals surface area contributed by atoms with Crippen LogP contribution in [0.3, 0.4) is 0 Å². The van der Waals surface area contributed by atoms with Crippen LogP contribution in [0.25, 0.3) is 0 Å². The molecule has 25 heavy (non-hydrogen) atoms. The highest BCUT2D eigenvalue weighted by Crippen LogP contribution is 2.21. The van der Waals surface area contributed by atoms with Crippen LogP contribution in [0.1, 0.15) is 22.7 Å². The van der Waals surface area contributed by atoms with Gasteiger partial charge in [-0.15, -0.1) is 0 Å². The van der Waals surface area contributed by atoms with E-state index < -0.39 is 0 Å². The second kappa shape index (κ2) is 7.10. The van der Waals surface area contributed by atoms with Crippen molar-refractivity contribution >= 4 is 11.6 Å². The molecule has 1 unspecified atom stereocenters. The Hall–Kier alpha value is -2.61. The Morgan fingerprint density at radius 2 is 2.24 bits per heavy atom. The first-order valence-corrected chi connectivity index (χ1v) is 8.30. The molecular weight excluding hydrogens is 322 g/mol. The number of anilines is 1. The fraction of sp³-hybridized carbons (Fsp3) is 0.471. The van der Waals surface area contributed by atoms with Gasteiger partial charge >= 0.3 is 0 Å². The van der Waals surface area contributed by atoms with Gasteiger partial charge in [0.25, 0.3) is 11.5 Å². The normalized spacial score (nSPS) is 17.1. The minimum Gasteiger partial charge on any atom is -0.454 e. The zero-order valence-electron chi connectivity index (χ0n) is 14.5. The van der Waals surface area contributed by atoms with E-state index in [1.54, 1.807) is 38.5 Å². The highest BCUT2D eigenvalue weighted by atomic mass is 16.4. The number of carbonyl (C=O) groups is 1. The Morgan fingerprint density at radius 1 is 1.44 bits per heavy atom. The number of hydrogen-bond donors (Lipinski definition) is 1. The van der Waals surface area contributed by atoms with Gasteiger partial charge in [0.2, 0.25) is 0 Å². The molecule has 1 aliphatic heterocycles. The molecule has 1 aliphatic rings. The van der Waals surface area contributed by atoms with E-state index in [0.29, 0.717) is 18.2 Å². The predicted octanol–water partition coefficient (Wildman–Crippen LogP) is 0.371. The summed E-state index contributed by atoms with van der Waals surface area (Å²) in [5, 5.41) is 4.23. The van der Waals surface area contributed by atoms with Gasteiger partial charge in [0.15, 0.2) is 5.76 Å². The van der Waals surface area contributed by atoms with Crippen molar-refractivity contribution in [2.75, 3.05) is 38.6 Å². The molecule has 8 nitrogen and oxygen atoms in total. The van der Waals surface area contributed by atoms with Gasteiger partial charge in [0, 0.05) is 33.3 Å². The second-order valence-electron chi connectivity index (χ2n) is 6.51. The average Bonchev–Trinajstić information content (AvgIpc) is 3.25. The number of rotatable bonds is 5. The summed E-state index contributed by atoms with van der Waals surface area (Å²) in [5.41, 5.74) is 6.33. The third kappa shape index (κ3) is 3.74. The van der Waals surface area contributed by atoms with E-state index >= 15 is 0 Å². The standard InChI is InChI=1S/C17H23N5O3/c1-20(2)17(24)15-4-3-14(25-15)11-22-16(23)7-13(9-19-22)21-6-5-12(8-18)10-21/h3-4,7,9,12H,5-6,8,10-11,18H2,1-2H3. The van der Waals surface area contributed by atoms with Crippen molar-refractivity contribution < 1.29 is 9.21 Å². The minimum atomic E-state index is -0.217. The van der Waals surface area contributed by atoms with E-state index in [4.69, 9.17) is 10.2 Å². The van der Waals surface area contributed by atoms with Gasteiger partial charge in [-0.05, 0) is 31.0 Å². The molecule has 3 rings (SSSR count). The van der Waals surface area contributed by atoms with Gasteiger partial charge in [-0.25, -0.2) is 4.68 Å². The van der Waals surface area contributed by atoms with Crippen LogP contribution < -0.4 is 16.2 Å². The quantitative estimate of drug-likeness (QED) is 0.841. The summed E-state index contributed by atoms with van der Waals surface area (Å²) >= 11 is 0. The van der Waals surface area contributed by atoms with Crippen molar-refractivity contribution in [3.05, 3.63) is 46.3 Å². The third-order valence-electron chi connectivity index (χ3n) is 4.42. The van der Waals surface area contributed by atoms with Crippen molar-refractivity contribution in [3.63, 3.8) is 0 Å². The first-order chi connectivity index (χ1) is 12.0. The first-order valence-electron chi connectivity index (χ1n) is 8.30. The van der Waals surface area contributed by atoms with Crippen LogP contribution in [0.15, 0.2) is 33.6 Å². The smallest absolute Gasteiger partial charge is 0.289 e. The number of nitrogens with zero attached hydrogens (tertiary/aromatic N) is 4. The van der Waals surface area contributed by atoms with Crippen molar-refractivity contribution in [1.29, 1.82) is 0 Å². The number of amides is 1. The Morgan fingerprint density at radius 3 is 2.88 bits per heavy atom. The molecule has 0 radical (unpaired) electrons. The van der Waals surface area contributed by atoms with E-state index in [9.17, 15) is 9.59 Å². The molecule has 0 aromatic carbocycles. The molecule has 1 fully saturated rings. The van der Waals surface area contributed by atoms with Gasteiger partial charge in [-0.1, -0.05) is 0 Å². The molecule has 1 saturated heterocycles. The van der Waals surface area contributed by atoms with E-state index in [1.807, 2.05) is 0 Å². The summed E-state index contributed by atoms with van der Waals surface area (Å²) in [6.45, 7) is 2.59. The molecule has 134 valence electrons. The molecule has 1 atom stereocenters. The Balaban J connectivity index is 1.72. The minimum absolute atomic E-state index is 0.186.